The number of amides is 1. The standard InChI is InChI=1S/C15H19NO4/c1-10-9-11(20-2)5-6-12(10)13(17)16-15(14(18)19)7-3-4-8-15/h5-6,9H,3-4,7-8H2,1-2H3,(H,16,17)(H,18,19). The molecule has 1 saturated carbocycles. The molecule has 1 aliphatic carbocycles. The highest BCUT2D eigenvalue weighted by Gasteiger charge is 2.42. The van der Waals surface area contributed by atoms with Crippen LogP contribution in [0.3, 0.4) is 0 Å². The summed E-state index contributed by atoms with van der Waals surface area (Å²) in [6.07, 6.45) is 2.63. The van der Waals surface area contributed by atoms with Gasteiger partial charge in [0, 0.05) is 5.56 Å². The van der Waals surface area contributed by atoms with Crippen molar-refractivity contribution in [3.05, 3.63) is 29.3 Å². The molecule has 1 aliphatic rings. The second kappa shape index (κ2) is 5.53. The Morgan fingerprint density at radius 1 is 1.30 bits per heavy atom. The van der Waals surface area contributed by atoms with Crippen LogP contribution in [0.15, 0.2) is 18.2 Å². The Labute approximate surface area is 117 Å². The van der Waals surface area contributed by atoms with Gasteiger partial charge in [0.05, 0.1) is 7.11 Å². The van der Waals surface area contributed by atoms with Crippen molar-refractivity contribution in [1.82, 2.24) is 5.32 Å². The SMILES string of the molecule is COc1ccc(C(=O)NC2(C(=O)O)CCCC2)c(C)c1. The van der Waals surface area contributed by atoms with Gasteiger partial charge in [-0.05, 0) is 43.5 Å². The summed E-state index contributed by atoms with van der Waals surface area (Å²) in [4.78, 5) is 23.8. The van der Waals surface area contributed by atoms with Gasteiger partial charge < -0.3 is 15.2 Å². The highest BCUT2D eigenvalue weighted by Crippen LogP contribution is 2.30. The fourth-order valence-corrected chi connectivity index (χ4v) is 2.67. The molecular formula is C15H19NO4. The molecule has 2 N–H and O–H groups in total. The molecule has 0 saturated heterocycles. The van der Waals surface area contributed by atoms with E-state index in [4.69, 9.17) is 4.74 Å². The lowest BCUT2D eigenvalue weighted by Gasteiger charge is -2.25. The van der Waals surface area contributed by atoms with Crippen molar-refractivity contribution in [1.29, 1.82) is 0 Å². The first-order valence-corrected chi connectivity index (χ1v) is 6.69. The molecule has 0 bridgehead atoms. The predicted molar refractivity (Wildman–Crippen MR) is 74.0 cm³/mol. The molecule has 0 atom stereocenters. The third-order valence-electron chi connectivity index (χ3n) is 3.90. The number of hydrogen-bond acceptors (Lipinski definition) is 3. The lowest BCUT2D eigenvalue weighted by molar-refractivity contribution is -0.144. The summed E-state index contributed by atoms with van der Waals surface area (Å²) >= 11 is 0. The number of carbonyl (C=O) groups is 2. The smallest absolute Gasteiger partial charge is 0.329 e. The Bertz CT molecular complexity index is 533. The van der Waals surface area contributed by atoms with Gasteiger partial charge in [-0.25, -0.2) is 4.79 Å². The third-order valence-corrected chi connectivity index (χ3v) is 3.90. The number of carbonyl (C=O) groups excluding carboxylic acids is 1. The lowest BCUT2D eigenvalue weighted by atomic mass is 9.96. The van der Waals surface area contributed by atoms with Gasteiger partial charge in [0.1, 0.15) is 11.3 Å². The van der Waals surface area contributed by atoms with Crippen LogP contribution in [0.5, 0.6) is 5.75 Å². The lowest BCUT2D eigenvalue weighted by Crippen LogP contribution is -2.52. The van der Waals surface area contributed by atoms with Crippen molar-refractivity contribution in [3.8, 4) is 5.75 Å². The third kappa shape index (κ3) is 2.61. The van der Waals surface area contributed by atoms with E-state index < -0.39 is 11.5 Å². The molecule has 5 heteroatoms. The van der Waals surface area contributed by atoms with Crippen molar-refractivity contribution >= 4 is 11.9 Å². The number of benzene rings is 1. The molecule has 1 aromatic rings. The van der Waals surface area contributed by atoms with E-state index in [1.165, 1.54) is 0 Å². The number of aliphatic carboxylic acids is 1. The Hall–Kier alpha value is -2.04. The van der Waals surface area contributed by atoms with Gasteiger partial charge in [-0.1, -0.05) is 12.8 Å². The minimum atomic E-state index is -1.11. The van der Waals surface area contributed by atoms with Gasteiger partial charge in [-0.2, -0.15) is 0 Å². The van der Waals surface area contributed by atoms with Crippen LogP contribution in [0.4, 0.5) is 0 Å². The number of aryl methyl sites for hydroxylation is 1. The quantitative estimate of drug-likeness (QED) is 0.884. The molecule has 2 rings (SSSR count). The van der Waals surface area contributed by atoms with Gasteiger partial charge in [0.15, 0.2) is 0 Å². The maximum atomic E-state index is 12.3. The molecule has 1 fully saturated rings. The molecule has 0 unspecified atom stereocenters. The minimum Gasteiger partial charge on any atom is -0.497 e. The molecule has 0 heterocycles. The van der Waals surface area contributed by atoms with Gasteiger partial charge in [-0.3, -0.25) is 4.79 Å². The van der Waals surface area contributed by atoms with E-state index in [0.29, 0.717) is 24.2 Å². The molecule has 0 aromatic heterocycles. The maximum absolute atomic E-state index is 12.3. The van der Waals surface area contributed by atoms with Crippen molar-refractivity contribution in [2.24, 2.45) is 0 Å². The highest BCUT2D eigenvalue weighted by atomic mass is 16.5. The summed E-state index contributed by atoms with van der Waals surface area (Å²) < 4.78 is 5.10. The second-order valence-corrected chi connectivity index (χ2v) is 5.23. The Morgan fingerprint density at radius 3 is 2.45 bits per heavy atom. The summed E-state index contributed by atoms with van der Waals surface area (Å²) in [5.74, 6) is -0.614. The van der Waals surface area contributed by atoms with E-state index in [2.05, 4.69) is 5.32 Å². The summed E-state index contributed by atoms with van der Waals surface area (Å²) in [5.41, 5.74) is 0.141. The predicted octanol–water partition coefficient (Wildman–Crippen LogP) is 2.13. The molecule has 0 radical (unpaired) electrons. The van der Waals surface area contributed by atoms with E-state index in [-0.39, 0.29) is 5.91 Å². The van der Waals surface area contributed by atoms with Gasteiger partial charge in [0.2, 0.25) is 0 Å². The van der Waals surface area contributed by atoms with E-state index in [1.54, 1.807) is 32.2 Å². The van der Waals surface area contributed by atoms with Gasteiger partial charge >= 0.3 is 5.97 Å². The molecule has 5 nitrogen and oxygen atoms in total. The molecule has 1 aromatic carbocycles. The molecular weight excluding hydrogens is 258 g/mol. The number of rotatable bonds is 4. The average molecular weight is 277 g/mol. The molecule has 108 valence electrons. The average Bonchev–Trinajstić information content (AvgIpc) is 2.88. The number of carboxylic acids is 1. The van der Waals surface area contributed by atoms with Crippen molar-refractivity contribution in [2.45, 2.75) is 38.1 Å². The molecule has 0 aliphatic heterocycles. The van der Waals surface area contributed by atoms with Crippen LogP contribution in [-0.2, 0) is 4.79 Å². The summed E-state index contributed by atoms with van der Waals surface area (Å²) in [6.45, 7) is 1.81. The zero-order chi connectivity index (χ0) is 14.8. The van der Waals surface area contributed by atoms with Crippen molar-refractivity contribution in [3.63, 3.8) is 0 Å². The zero-order valence-electron chi connectivity index (χ0n) is 11.7. The van der Waals surface area contributed by atoms with Crippen LogP contribution >= 0.6 is 0 Å². The van der Waals surface area contributed by atoms with Gasteiger partial charge in [0.25, 0.3) is 5.91 Å². The summed E-state index contributed by atoms with van der Waals surface area (Å²) in [7, 11) is 1.56. The number of hydrogen-bond donors (Lipinski definition) is 2. The van der Waals surface area contributed by atoms with Gasteiger partial charge in [-0.15, -0.1) is 0 Å². The first-order chi connectivity index (χ1) is 9.48. The van der Waals surface area contributed by atoms with E-state index >= 15 is 0 Å². The van der Waals surface area contributed by atoms with Crippen LogP contribution in [0.2, 0.25) is 0 Å². The normalized spacial score (nSPS) is 16.7. The monoisotopic (exact) mass is 277 g/mol. The minimum absolute atomic E-state index is 0.338. The van der Waals surface area contributed by atoms with Crippen molar-refractivity contribution < 1.29 is 19.4 Å². The second-order valence-electron chi connectivity index (χ2n) is 5.23. The van der Waals surface area contributed by atoms with Crippen LogP contribution in [0.1, 0.15) is 41.6 Å². The van der Waals surface area contributed by atoms with Crippen LogP contribution in [0, 0.1) is 6.92 Å². The Morgan fingerprint density at radius 2 is 1.95 bits per heavy atom. The first-order valence-electron chi connectivity index (χ1n) is 6.69. The number of ether oxygens (including phenoxy) is 1. The number of nitrogens with one attached hydrogen (secondary N) is 1. The molecule has 20 heavy (non-hydrogen) atoms. The maximum Gasteiger partial charge on any atom is 0.329 e. The summed E-state index contributed by atoms with van der Waals surface area (Å²) in [5, 5.41) is 12.1. The largest absolute Gasteiger partial charge is 0.497 e. The van der Waals surface area contributed by atoms with Crippen LogP contribution < -0.4 is 10.1 Å². The zero-order valence-corrected chi connectivity index (χ0v) is 11.7. The fraction of sp³-hybridized carbons (Fsp3) is 0.467. The Balaban J connectivity index is 2.21. The van der Waals surface area contributed by atoms with E-state index in [9.17, 15) is 14.7 Å². The number of methoxy groups -OCH3 is 1. The first kappa shape index (κ1) is 14.4. The van der Waals surface area contributed by atoms with Crippen molar-refractivity contribution in [2.75, 3.05) is 7.11 Å². The Kier molecular flexibility index (Phi) is 3.97. The molecule has 1 amide bonds. The molecule has 0 spiro atoms. The number of carboxylic acid groups (broad SMARTS) is 1. The van der Waals surface area contributed by atoms with Crippen LogP contribution in [-0.4, -0.2) is 29.6 Å². The topological polar surface area (TPSA) is 75.6 Å². The summed E-state index contributed by atoms with van der Waals surface area (Å²) in [6, 6.07) is 5.12. The van der Waals surface area contributed by atoms with Crippen LogP contribution in [0.25, 0.3) is 0 Å². The highest BCUT2D eigenvalue weighted by molar-refractivity contribution is 5.99. The fourth-order valence-electron chi connectivity index (χ4n) is 2.67. The van der Waals surface area contributed by atoms with E-state index in [0.717, 1.165) is 18.4 Å². The van der Waals surface area contributed by atoms with E-state index in [1.807, 2.05) is 0 Å².